The van der Waals surface area contributed by atoms with Crippen molar-refractivity contribution in [2.24, 2.45) is 16.9 Å². The summed E-state index contributed by atoms with van der Waals surface area (Å²) < 4.78 is 79.9. The van der Waals surface area contributed by atoms with Gasteiger partial charge in [0, 0.05) is 24.3 Å². The molecular formula is C13H16ClF6N3O. The van der Waals surface area contributed by atoms with Gasteiger partial charge in [-0.25, -0.2) is 4.98 Å². The zero-order chi connectivity index (χ0) is 17.5. The van der Waals surface area contributed by atoms with Crippen molar-refractivity contribution < 1.29 is 31.1 Å². The van der Waals surface area contributed by atoms with Gasteiger partial charge in [0.15, 0.2) is 6.61 Å². The Bertz CT molecular complexity index is 561. The highest BCUT2D eigenvalue weighted by Crippen LogP contribution is 2.60. The number of nitrogens with zero attached hydrogens (tertiary/aromatic N) is 1. The molecular weight excluding hydrogens is 364 g/mol. The maximum absolute atomic E-state index is 13.1. The SMILES string of the molecule is Cl.NC(c1ccnc(OCC(F)(F)F)c1)C(N)C1(C(F)(F)F)CC1. The van der Waals surface area contributed by atoms with E-state index in [-0.39, 0.29) is 36.7 Å². The Hall–Kier alpha value is -1.26. The van der Waals surface area contributed by atoms with Crippen LogP contribution in [0.4, 0.5) is 26.3 Å². The molecule has 1 aliphatic carbocycles. The first-order chi connectivity index (χ1) is 10.5. The van der Waals surface area contributed by atoms with Crippen molar-refractivity contribution in [1.29, 1.82) is 0 Å². The quantitative estimate of drug-likeness (QED) is 0.771. The smallest absolute Gasteiger partial charge is 0.422 e. The van der Waals surface area contributed by atoms with E-state index in [0.717, 1.165) is 12.3 Å². The van der Waals surface area contributed by atoms with E-state index in [9.17, 15) is 26.3 Å². The highest BCUT2D eigenvalue weighted by atomic mass is 35.5. The van der Waals surface area contributed by atoms with Gasteiger partial charge >= 0.3 is 12.4 Å². The van der Waals surface area contributed by atoms with Crippen LogP contribution in [0.3, 0.4) is 0 Å². The summed E-state index contributed by atoms with van der Waals surface area (Å²) in [5.41, 5.74) is 9.56. The lowest BCUT2D eigenvalue weighted by molar-refractivity contribution is -0.194. The van der Waals surface area contributed by atoms with Gasteiger partial charge < -0.3 is 16.2 Å². The summed E-state index contributed by atoms with van der Waals surface area (Å²) in [6.45, 7) is -1.56. The molecule has 1 fully saturated rings. The maximum Gasteiger partial charge on any atom is 0.422 e. The molecule has 0 amide bonds. The first-order valence-electron chi connectivity index (χ1n) is 6.70. The van der Waals surface area contributed by atoms with Crippen molar-refractivity contribution in [2.75, 3.05) is 6.61 Å². The van der Waals surface area contributed by atoms with Crippen LogP contribution in [-0.2, 0) is 0 Å². The van der Waals surface area contributed by atoms with Crippen molar-refractivity contribution >= 4 is 12.4 Å². The predicted octanol–water partition coefficient (Wildman–Crippen LogP) is 3.11. The summed E-state index contributed by atoms with van der Waals surface area (Å²) in [5, 5.41) is 0. The zero-order valence-corrected chi connectivity index (χ0v) is 13.0. The first kappa shape index (κ1) is 20.8. The fraction of sp³-hybridized carbons (Fsp3) is 0.615. The third-order valence-corrected chi connectivity index (χ3v) is 3.91. The summed E-state index contributed by atoms with van der Waals surface area (Å²) in [6.07, 6.45) is -8.15. The van der Waals surface area contributed by atoms with Gasteiger partial charge in [-0.3, -0.25) is 0 Å². The Balaban J connectivity index is 0.00000288. The molecule has 0 radical (unpaired) electrons. The Kier molecular flexibility index (Phi) is 6.00. The minimum Gasteiger partial charge on any atom is -0.468 e. The number of aromatic nitrogens is 1. The topological polar surface area (TPSA) is 74.2 Å². The molecule has 0 spiro atoms. The Morgan fingerprint density at radius 1 is 1.17 bits per heavy atom. The average molecular weight is 380 g/mol. The second kappa shape index (κ2) is 6.93. The van der Waals surface area contributed by atoms with E-state index in [1.54, 1.807) is 0 Å². The lowest BCUT2D eigenvalue weighted by Gasteiger charge is -2.30. The van der Waals surface area contributed by atoms with E-state index in [2.05, 4.69) is 9.72 Å². The Morgan fingerprint density at radius 2 is 1.75 bits per heavy atom. The fourth-order valence-corrected chi connectivity index (χ4v) is 2.36. The molecule has 4 nitrogen and oxygen atoms in total. The molecule has 0 saturated heterocycles. The molecule has 1 aromatic rings. The van der Waals surface area contributed by atoms with Crippen LogP contribution in [0, 0.1) is 5.41 Å². The molecule has 0 aromatic carbocycles. The van der Waals surface area contributed by atoms with Gasteiger partial charge in [0.2, 0.25) is 5.88 Å². The number of hydrogen-bond donors (Lipinski definition) is 2. The lowest BCUT2D eigenvalue weighted by Crippen LogP contribution is -2.48. The van der Waals surface area contributed by atoms with Gasteiger partial charge in [0.1, 0.15) is 0 Å². The van der Waals surface area contributed by atoms with Crippen LogP contribution >= 0.6 is 12.4 Å². The van der Waals surface area contributed by atoms with E-state index < -0.39 is 36.5 Å². The van der Waals surface area contributed by atoms with Crippen LogP contribution in [0.1, 0.15) is 24.4 Å². The highest BCUT2D eigenvalue weighted by Gasteiger charge is 2.67. The number of alkyl halides is 6. The minimum atomic E-state index is -4.55. The third-order valence-electron chi connectivity index (χ3n) is 3.91. The molecule has 0 aliphatic heterocycles. The van der Waals surface area contributed by atoms with Crippen LogP contribution in [-0.4, -0.2) is 30.0 Å². The van der Waals surface area contributed by atoms with Gasteiger partial charge in [0.25, 0.3) is 0 Å². The van der Waals surface area contributed by atoms with Crippen molar-refractivity contribution in [1.82, 2.24) is 4.98 Å². The van der Waals surface area contributed by atoms with Crippen molar-refractivity contribution in [3.8, 4) is 5.88 Å². The molecule has 2 rings (SSSR count). The Labute approximate surface area is 140 Å². The fourth-order valence-electron chi connectivity index (χ4n) is 2.36. The first-order valence-corrected chi connectivity index (χ1v) is 6.70. The van der Waals surface area contributed by atoms with E-state index in [4.69, 9.17) is 11.5 Å². The van der Waals surface area contributed by atoms with Crippen molar-refractivity contribution in [3.05, 3.63) is 23.9 Å². The number of halogens is 7. The summed E-state index contributed by atoms with van der Waals surface area (Å²) >= 11 is 0. The molecule has 138 valence electrons. The van der Waals surface area contributed by atoms with Crippen LogP contribution in [0.2, 0.25) is 0 Å². The number of nitrogens with two attached hydrogens (primary N) is 2. The van der Waals surface area contributed by atoms with E-state index in [1.807, 2.05) is 0 Å². The number of rotatable bonds is 5. The molecule has 1 aliphatic rings. The molecule has 1 heterocycles. The second-order valence-corrected chi connectivity index (χ2v) is 5.54. The summed E-state index contributed by atoms with van der Waals surface area (Å²) in [5.74, 6) is -0.376. The number of hydrogen-bond acceptors (Lipinski definition) is 4. The van der Waals surface area contributed by atoms with E-state index >= 15 is 0 Å². The lowest BCUT2D eigenvalue weighted by atomic mass is 9.87. The minimum absolute atomic E-state index is 0. The maximum atomic E-state index is 13.1. The molecule has 2 atom stereocenters. The molecule has 1 saturated carbocycles. The van der Waals surface area contributed by atoms with Crippen molar-refractivity contribution in [3.63, 3.8) is 0 Å². The second-order valence-electron chi connectivity index (χ2n) is 5.54. The van der Waals surface area contributed by atoms with Gasteiger partial charge in [-0.05, 0) is 24.5 Å². The van der Waals surface area contributed by atoms with Gasteiger partial charge in [-0.2, -0.15) is 26.3 Å². The third kappa shape index (κ3) is 4.42. The number of ether oxygens (including phenoxy) is 1. The van der Waals surface area contributed by atoms with Crippen LogP contribution in [0.25, 0.3) is 0 Å². The highest BCUT2D eigenvalue weighted by molar-refractivity contribution is 5.85. The average Bonchev–Trinajstić information content (AvgIpc) is 3.24. The monoisotopic (exact) mass is 379 g/mol. The number of pyridine rings is 1. The standard InChI is InChI=1S/C13H15F6N3O.ClH/c14-12(15,16)6-23-8-5-7(1-4-22-8)9(20)10(21)11(2-3-11)13(17,18)19;/h1,4-5,9-10H,2-3,6,20-21H2;1H. The van der Waals surface area contributed by atoms with Crippen molar-refractivity contribution in [2.45, 2.75) is 37.3 Å². The van der Waals surface area contributed by atoms with Crippen LogP contribution < -0.4 is 16.2 Å². The van der Waals surface area contributed by atoms with Gasteiger partial charge in [0.05, 0.1) is 5.41 Å². The summed E-state index contributed by atoms with van der Waals surface area (Å²) in [7, 11) is 0. The predicted molar refractivity (Wildman–Crippen MR) is 75.7 cm³/mol. The molecule has 11 heteroatoms. The largest absolute Gasteiger partial charge is 0.468 e. The normalized spacial score (nSPS) is 19.2. The van der Waals surface area contributed by atoms with Crippen LogP contribution in [0.5, 0.6) is 5.88 Å². The van der Waals surface area contributed by atoms with Crippen LogP contribution in [0.15, 0.2) is 18.3 Å². The van der Waals surface area contributed by atoms with Gasteiger partial charge in [-0.15, -0.1) is 12.4 Å². The molecule has 1 aromatic heterocycles. The van der Waals surface area contributed by atoms with E-state index in [0.29, 0.717) is 0 Å². The molecule has 4 N–H and O–H groups in total. The van der Waals surface area contributed by atoms with Gasteiger partial charge in [-0.1, -0.05) is 0 Å². The summed E-state index contributed by atoms with van der Waals surface area (Å²) in [4.78, 5) is 3.57. The molecule has 0 bridgehead atoms. The van der Waals surface area contributed by atoms with E-state index in [1.165, 1.54) is 6.07 Å². The molecule has 24 heavy (non-hydrogen) atoms. The Morgan fingerprint density at radius 3 is 2.21 bits per heavy atom. The summed E-state index contributed by atoms with van der Waals surface area (Å²) in [6, 6.07) is -0.226. The zero-order valence-electron chi connectivity index (χ0n) is 12.2. The molecule has 2 unspecified atom stereocenters.